The first-order valence-electron chi connectivity index (χ1n) is 7.61. The topological polar surface area (TPSA) is 29.5 Å². The monoisotopic (exact) mass is 253 g/mol. The number of rotatable bonds is 3. The molecule has 2 atom stereocenters. The molecule has 0 bridgehead atoms. The van der Waals surface area contributed by atoms with Crippen molar-refractivity contribution >= 4 is 5.97 Å². The Bertz CT molecular complexity index is 286. The summed E-state index contributed by atoms with van der Waals surface area (Å²) in [6, 6.07) is 0. The molecule has 0 aromatic rings. The molecular weight excluding hydrogens is 226 g/mol. The SMILES string of the molecule is CCOC(=O)[C@@]1(N2CCCCC2)CCC[C@H](C)C1. The van der Waals surface area contributed by atoms with E-state index in [4.69, 9.17) is 4.74 Å². The second kappa shape index (κ2) is 6.05. The van der Waals surface area contributed by atoms with Crippen LogP contribution in [-0.4, -0.2) is 36.1 Å². The number of hydrogen-bond donors (Lipinski definition) is 0. The minimum absolute atomic E-state index is 0.0402. The van der Waals surface area contributed by atoms with Crippen molar-refractivity contribution in [2.45, 2.75) is 64.3 Å². The van der Waals surface area contributed by atoms with E-state index >= 15 is 0 Å². The molecule has 0 N–H and O–H groups in total. The molecule has 104 valence electrons. The van der Waals surface area contributed by atoms with E-state index in [1.54, 1.807) is 0 Å². The van der Waals surface area contributed by atoms with Crippen LogP contribution in [0.5, 0.6) is 0 Å². The molecule has 3 nitrogen and oxygen atoms in total. The van der Waals surface area contributed by atoms with Crippen LogP contribution in [-0.2, 0) is 9.53 Å². The summed E-state index contributed by atoms with van der Waals surface area (Å²) in [4.78, 5) is 14.9. The fraction of sp³-hybridized carbons (Fsp3) is 0.933. The van der Waals surface area contributed by atoms with Crippen LogP contribution in [0.15, 0.2) is 0 Å². The molecule has 1 aliphatic heterocycles. The Balaban J connectivity index is 2.17. The number of esters is 1. The molecule has 0 amide bonds. The van der Waals surface area contributed by atoms with E-state index in [1.807, 2.05) is 6.92 Å². The van der Waals surface area contributed by atoms with Crippen molar-refractivity contribution in [3.05, 3.63) is 0 Å². The summed E-state index contributed by atoms with van der Waals surface area (Å²) < 4.78 is 5.41. The molecule has 0 aromatic heterocycles. The fourth-order valence-corrected chi connectivity index (χ4v) is 3.71. The van der Waals surface area contributed by atoms with Crippen molar-refractivity contribution in [2.24, 2.45) is 5.92 Å². The van der Waals surface area contributed by atoms with E-state index in [2.05, 4.69) is 11.8 Å². The van der Waals surface area contributed by atoms with Crippen molar-refractivity contribution in [1.29, 1.82) is 0 Å². The van der Waals surface area contributed by atoms with E-state index in [1.165, 1.54) is 25.7 Å². The zero-order chi connectivity index (χ0) is 13.0. The fourth-order valence-electron chi connectivity index (χ4n) is 3.71. The van der Waals surface area contributed by atoms with Crippen LogP contribution < -0.4 is 0 Å². The Hall–Kier alpha value is -0.570. The Labute approximate surface area is 111 Å². The molecule has 18 heavy (non-hydrogen) atoms. The van der Waals surface area contributed by atoms with Gasteiger partial charge in [-0.25, -0.2) is 0 Å². The van der Waals surface area contributed by atoms with Crippen LogP contribution in [0.4, 0.5) is 0 Å². The number of nitrogens with zero attached hydrogens (tertiary/aromatic N) is 1. The van der Waals surface area contributed by atoms with E-state index in [9.17, 15) is 4.79 Å². The molecular formula is C15H27NO2. The van der Waals surface area contributed by atoms with Crippen LogP contribution in [0.25, 0.3) is 0 Å². The van der Waals surface area contributed by atoms with Crippen LogP contribution in [0.3, 0.4) is 0 Å². The highest BCUT2D eigenvalue weighted by atomic mass is 16.5. The number of carbonyl (C=O) groups is 1. The second-order valence-corrected chi connectivity index (χ2v) is 6.00. The summed E-state index contributed by atoms with van der Waals surface area (Å²) in [7, 11) is 0. The predicted octanol–water partition coefficient (Wildman–Crippen LogP) is 2.98. The Morgan fingerprint density at radius 1 is 1.28 bits per heavy atom. The van der Waals surface area contributed by atoms with E-state index in [0.29, 0.717) is 12.5 Å². The van der Waals surface area contributed by atoms with E-state index in [-0.39, 0.29) is 11.5 Å². The van der Waals surface area contributed by atoms with Crippen molar-refractivity contribution in [3.8, 4) is 0 Å². The van der Waals surface area contributed by atoms with Crippen molar-refractivity contribution in [2.75, 3.05) is 19.7 Å². The third-order valence-electron chi connectivity index (χ3n) is 4.59. The van der Waals surface area contributed by atoms with Crippen LogP contribution in [0.2, 0.25) is 0 Å². The molecule has 0 spiro atoms. The van der Waals surface area contributed by atoms with Gasteiger partial charge in [0.15, 0.2) is 0 Å². The average molecular weight is 253 g/mol. The standard InChI is InChI=1S/C15H27NO2/c1-3-18-14(17)15(9-7-8-13(2)12-15)16-10-5-4-6-11-16/h13H,3-12H2,1-2H3/t13-,15+/m0/s1. The van der Waals surface area contributed by atoms with Crippen LogP contribution in [0, 0.1) is 5.92 Å². The number of carbonyl (C=O) groups excluding carboxylic acids is 1. The van der Waals surface area contributed by atoms with Gasteiger partial charge in [-0.3, -0.25) is 9.69 Å². The first kappa shape index (κ1) is 13.9. The van der Waals surface area contributed by atoms with Crippen LogP contribution >= 0.6 is 0 Å². The Morgan fingerprint density at radius 2 is 2.00 bits per heavy atom. The largest absolute Gasteiger partial charge is 0.465 e. The number of ether oxygens (including phenoxy) is 1. The van der Waals surface area contributed by atoms with E-state index < -0.39 is 0 Å². The van der Waals surface area contributed by atoms with Crippen molar-refractivity contribution in [3.63, 3.8) is 0 Å². The van der Waals surface area contributed by atoms with Gasteiger partial charge in [0.2, 0.25) is 0 Å². The van der Waals surface area contributed by atoms with Crippen molar-refractivity contribution in [1.82, 2.24) is 4.90 Å². The molecule has 0 radical (unpaired) electrons. The van der Waals surface area contributed by atoms with E-state index in [0.717, 1.165) is 32.4 Å². The van der Waals surface area contributed by atoms with Crippen molar-refractivity contribution < 1.29 is 9.53 Å². The van der Waals surface area contributed by atoms with Gasteiger partial charge in [-0.1, -0.05) is 26.2 Å². The molecule has 1 saturated heterocycles. The highest BCUT2D eigenvalue weighted by Crippen LogP contribution is 2.39. The van der Waals surface area contributed by atoms with Crippen LogP contribution in [0.1, 0.15) is 58.8 Å². The minimum atomic E-state index is -0.298. The van der Waals surface area contributed by atoms with Gasteiger partial charge in [-0.05, 0) is 51.6 Å². The third-order valence-corrected chi connectivity index (χ3v) is 4.59. The molecule has 1 heterocycles. The summed E-state index contributed by atoms with van der Waals surface area (Å²) in [6.07, 6.45) is 8.18. The maximum absolute atomic E-state index is 12.5. The van der Waals surface area contributed by atoms with Gasteiger partial charge in [-0.2, -0.15) is 0 Å². The quantitative estimate of drug-likeness (QED) is 0.724. The molecule has 2 aliphatic rings. The molecule has 2 fully saturated rings. The minimum Gasteiger partial charge on any atom is -0.465 e. The normalized spacial score (nSPS) is 34.2. The van der Waals surface area contributed by atoms with Gasteiger partial charge >= 0.3 is 5.97 Å². The summed E-state index contributed by atoms with van der Waals surface area (Å²) in [5, 5.41) is 0. The highest BCUT2D eigenvalue weighted by molar-refractivity contribution is 5.81. The maximum Gasteiger partial charge on any atom is 0.326 e. The lowest BCUT2D eigenvalue weighted by Crippen LogP contribution is -2.59. The van der Waals surface area contributed by atoms with Gasteiger partial charge in [0.1, 0.15) is 5.54 Å². The molecule has 0 unspecified atom stereocenters. The number of piperidine rings is 1. The smallest absolute Gasteiger partial charge is 0.326 e. The third kappa shape index (κ3) is 2.71. The number of hydrogen-bond acceptors (Lipinski definition) is 3. The van der Waals surface area contributed by atoms with Gasteiger partial charge < -0.3 is 4.74 Å². The number of likely N-dealkylation sites (tertiary alicyclic amines) is 1. The molecule has 3 heteroatoms. The Kier molecular flexibility index (Phi) is 4.66. The first-order valence-corrected chi connectivity index (χ1v) is 7.61. The molecule has 0 aromatic carbocycles. The predicted molar refractivity (Wildman–Crippen MR) is 72.4 cm³/mol. The molecule has 1 aliphatic carbocycles. The van der Waals surface area contributed by atoms with Gasteiger partial charge in [0, 0.05) is 0 Å². The summed E-state index contributed by atoms with van der Waals surface area (Å²) in [5.74, 6) is 0.684. The average Bonchev–Trinajstić information content (AvgIpc) is 2.40. The summed E-state index contributed by atoms with van der Waals surface area (Å²) in [5.41, 5.74) is -0.298. The lowest BCUT2D eigenvalue weighted by atomic mass is 9.74. The lowest BCUT2D eigenvalue weighted by Gasteiger charge is -2.47. The lowest BCUT2D eigenvalue weighted by molar-refractivity contribution is -0.163. The zero-order valence-electron chi connectivity index (χ0n) is 11.9. The zero-order valence-corrected chi connectivity index (χ0v) is 11.9. The van der Waals surface area contributed by atoms with Gasteiger partial charge in [-0.15, -0.1) is 0 Å². The molecule has 1 saturated carbocycles. The Morgan fingerprint density at radius 3 is 2.61 bits per heavy atom. The molecule has 2 rings (SSSR count). The van der Waals surface area contributed by atoms with Gasteiger partial charge in [0.25, 0.3) is 0 Å². The summed E-state index contributed by atoms with van der Waals surface area (Å²) in [6.45, 7) is 6.84. The first-order chi connectivity index (χ1) is 8.69. The highest BCUT2D eigenvalue weighted by Gasteiger charge is 2.47. The van der Waals surface area contributed by atoms with Gasteiger partial charge in [0.05, 0.1) is 6.61 Å². The second-order valence-electron chi connectivity index (χ2n) is 6.00. The maximum atomic E-state index is 12.5. The summed E-state index contributed by atoms with van der Waals surface area (Å²) >= 11 is 0.